The van der Waals surface area contributed by atoms with Crippen LogP contribution in [0, 0.1) is 19.7 Å². The Morgan fingerprint density at radius 2 is 1.56 bits per heavy atom. The molecule has 0 aliphatic carbocycles. The van der Waals surface area contributed by atoms with Crippen LogP contribution in [0.4, 0.5) is 16.0 Å². The van der Waals surface area contributed by atoms with Gasteiger partial charge < -0.3 is 10.6 Å². The summed E-state index contributed by atoms with van der Waals surface area (Å²) in [7, 11) is 0. The summed E-state index contributed by atoms with van der Waals surface area (Å²) in [6, 6.07) is 16.9. The van der Waals surface area contributed by atoms with Crippen LogP contribution < -0.4 is 10.6 Å². The second kappa shape index (κ2) is 7.75. The lowest BCUT2D eigenvalue weighted by molar-refractivity contribution is 0.613. The maximum Gasteiger partial charge on any atom is 0.132 e. The summed E-state index contributed by atoms with van der Waals surface area (Å²) in [6.07, 6.45) is 0. The first-order valence-corrected chi connectivity index (χ1v) is 8.22. The van der Waals surface area contributed by atoms with Crippen LogP contribution in [0.25, 0.3) is 0 Å². The van der Waals surface area contributed by atoms with Gasteiger partial charge in [-0.15, -0.1) is 0 Å². The maximum atomic E-state index is 13.7. The minimum atomic E-state index is -0.224. The highest BCUT2D eigenvalue weighted by molar-refractivity contribution is 5.48. The average molecular weight is 336 g/mol. The smallest absolute Gasteiger partial charge is 0.132 e. The van der Waals surface area contributed by atoms with Crippen LogP contribution in [0.3, 0.4) is 0 Å². The van der Waals surface area contributed by atoms with Gasteiger partial charge in [0.05, 0.1) is 0 Å². The third kappa shape index (κ3) is 4.76. The van der Waals surface area contributed by atoms with Gasteiger partial charge >= 0.3 is 0 Å². The molecule has 0 spiro atoms. The quantitative estimate of drug-likeness (QED) is 0.698. The summed E-state index contributed by atoms with van der Waals surface area (Å²) in [5, 5.41) is 6.47. The van der Waals surface area contributed by atoms with Crippen LogP contribution in [0.5, 0.6) is 0 Å². The fraction of sp³-hybridized carbons (Fsp3) is 0.200. The van der Waals surface area contributed by atoms with Crippen molar-refractivity contribution >= 4 is 11.6 Å². The normalized spacial score (nSPS) is 10.5. The SMILES string of the molecule is Cc1cccc(CNc2cc(NCc3ccccc3F)nc(C)n2)c1. The summed E-state index contributed by atoms with van der Waals surface area (Å²) in [4.78, 5) is 8.77. The number of hydrogen-bond acceptors (Lipinski definition) is 4. The van der Waals surface area contributed by atoms with Crippen molar-refractivity contribution in [3.8, 4) is 0 Å². The van der Waals surface area contributed by atoms with E-state index in [1.807, 2.05) is 25.1 Å². The molecule has 5 heteroatoms. The largest absolute Gasteiger partial charge is 0.366 e. The molecule has 2 N–H and O–H groups in total. The van der Waals surface area contributed by atoms with Gasteiger partial charge in [-0.1, -0.05) is 48.0 Å². The molecule has 1 aromatic heterocycles. The lowest BCUT2D eigenvalue weighted by Crippen LogP contribution is -2.08. The molecule has 0 aliphatic heterocycles. The van der Waals surface area contributed by atoms with E-state index in [4.69, 9.17) is 0 Å². The molecular formula is C20H21FN4. The minimum absolute atomic E-state index is 0.224. The number of aryl methyl sites for hydroxylation is 2. The molecule has 128 valence electrons. The van der Waals surface area contributed by atoms with Crippen LogP contribution in [0.15, 0.2) is 54.6 Å². The summed E-state index contributed by atoms with van der Waals surface area (Å²) < 4.78 is 13.7. The lowest BCUT2D eigenvalue weighted by Gasteiger charge is -2.11. The Bertz CT molecular complexity index is 864. The standard InChI is InChI=1S/C20H21FN4/c1-14-6-5-7-16(10-14)12-22-19-11-20(25-15(2)24-19)23-13-17-8-3-4-9-18(17)21/h3-11H,12-13H2,1-2H3,(H2,22,23,24,25). The zero-order chi connectivity index (χ0) is 17.6. The topological polar surface area (TPSA) is 49.8 Å². The zero-order valence-electron chi connectivity index (χ0n) is 14.4. The highest BCUT2D eigenvalue weighted by Gasteiger charge is 2.04. The third-order valence-electron chi connectivity index (χ3n) is 3.81. The van der Waals surface area contributed by atoms with Crippen molar-refractivity contribution in [2.45, 2.75) is 26.9 Å². The predicted octanol–water partition coefficient (Wildman–Crippen LogP) is 4.46. The van der Waals surface area contributed by atoms with Crippen molar-refractivity contribution in [2.24, 2.45) is 0 Å². The molecule has 0 aliphatic rings. The number of aromatic nitrogens is 2. The molecule has 25 heavy (non-hydrogen) atoms. The van der Waals surface area contributed by atoms with Crippen LogP contribution in [0.2, 0.25) is 0 Å². The number of anilines is 2. The maximum absolute atomic E-state index is 13.7. The van der Waals surface area contributed by atoms with E-state index < -0.39 is 0 Å². The van der Waals surface area contributed by atoms with Crippen molar-refractivity contribution in [1.29, 1.82) is 0 Å². The predicted molar refractivity (Wildman–Crippen MR) is 99.0 cm³/mol. The number of halogens is 1. The van der Waals surface area contributed by atoms with Gasteiger partial charge in [0.2, 0.25) is 0 Å². The van der Waals surface area contributed by atoms with E-state index in [2.05, 4.69) is 45.7 Å². The Labute approximate surface area is 147 Å². The Kier molecular flexibility index (Phi) is 5.23. The van der Waals surface area contributed by atoms with Crippen LogP contribution >= 0.6 is 0 Å². The van der Waals surface area contributed by atoms with Gasteiger partial charge in [-0.2, -0.15) is 0 Å². The molecule has 1 heterocycles. The lowest BCUT2D eigenvalue weighted by atomic mass is 10.1. The molecule has 2 aromatic carbocycles. The van der Waals surface area contributed by atoms with Crippen molar-refractivity contribution in [2.75, 3.05) is 10.6 Å². The number of benzene rings is 2. The Balaban J connectivity index is 1.67. The van der Waals surface area contributed by atoms with E-state index in [0.717, 1.165) is 5.82 Å². The molecule has 0 saturated carbocycles. The summed E-state index contributed by atoms with van der Waals surface area (Å²) >= 11 is 0. The Morgan fingerprint density at radius 3 is 2.28 bits per heavy atom. The summed E-state index contributed by atoms with van der Waals surface area (Å²) in [5.41, 5.74) is 3.02. The highest BCUT2D eigenvalue weighted by atomic mass is 19.1. The van der Waals surface area contributed by atoms with Gasteiger partial charge in [-0.25, -0.2) is 14.4 Å². The van der Waals surface area contributed by atoms with Gasteiger partial charge in [0.1, 0.15) is 23.3 Å². The number of nitrogens with zero attached hydrogens (tertiary/aromatic N) is 2. The fourth-order valence-corrected chi connectivity index (χ4v) is 2.59. The first-order chi connectivity index (χ1) is 12.1. The van der Waals surface area contributed by atoms with E-state index in [-0.39, 0.29) is 5.82 Å². The van der Waals surface area contributed by atoms with Crippen molar-refractivity contribution in [1.82, 2.24) is 9.97 Å². The zero-order valence-corrected chi connectivity index (χ0v) is 14.4. The highest BCUT2D eigenvalue weighted by Crippen LogP contribution is 2.15. The van der Waals surface area contributed by atoms with Gasteiger partial charge in [-0.05, 0) is 25.5 Å². The number of rotatable bonds is 6. The van der Waals surface area contributed by atoms with Gasteiger partial charge in [-0.3, -0.25) is 0 Å². The van der Waals surface area contributed by atoms with E-state index in [9.17, 15) is 4.39 Å². The van der Waals surface area contributed by atoms with Crippen LogP contribution in [0.1, 0.15) is 22.5 Å². The molecule has 0 fully saturated rings. The van der Waals surface area contributed by atoms with E-state index in [1.165, 1.54) is 17.2 Å². The van der Waals surface area contributed by atoms with E-state index in [0.29, 0.717) is 30.3 Å². The van der Waals surface area contributed by atoms with E-state index >= 15 is 0 Å². The second-order valence-corrected chi connectivity index (χ2v) is 5.97. The monoisotopic (exact) mass is 336 g/mol. The molecule has 3 rings (SSSR count). The molecule has 0 amide bonds. The van der Waals surface area contributed by atoms with Gasteiger partial charge in [0, 0.05) is 24.7 Å². The minimum Gasteiger partial charge on any atom is -0.366 e. The summed E-state index contributed by atoms with van der Waals surface area (Å²) in [5.74, 6) is 1.84. The van der Waals surface area contributed by atoms with Crippen molar-refractivity contribution < 1.29 is 4.39 Å². The molecule has 0 unspecified atom stereocenters. The molecular weight excluding hydrogens is 315 g/mol. The third-order valence-corrected chi connectivity index (χ3v) is 3.81. The molecule has 3 aromatic rings. The Morgan fingerprint density at radius 1 is 0.840 bits per heavy atom. The first kappa shape index (κ1) is 16.9. The van der Waals surface area contributed by atoms with E-state index in [1.54, 1.807) is 12.1 Å². The van der Waals surface area contributed by atoms with Crippen LogP contribution in [-0.4, -0.2) is 9.97 Å². The number of hydrogen-bond donors (Lipinski definition) is 2. The Hall–Kier alpha value is -2.95. The first-order valence-electron chi connectivity index (χ1n) is 8.22. The van der Waals surface area contributed by atoms with Crippen molar-refractivity contribution in [3.63, 3.8) is 0 Å². The molecule has 4 nitrogen and oxygen atoms in total. The molecule has 0 saturated heterocycles. The fourth-order valence-electron chi connectivity index (χ4n) is 2.59. The number of nitrogens with one attached hydrogen (secondary N) is 2. The van der Waals surface area contributed by atoms with Gasteiger partial charge in [0.15, 0.2) is 0 Å². The second-order valence-electron chi connectivity index (χ2n) is 5.97. The molecule has 0 atom stereocenters. The summed E-state index contributed by atoms with van der Waals surface area (Å²) in [6.45, 7) is 4.97. The van der Waals surface area contributed by atoms with Crippen molar-refractivity contribution in [3.05, 3.63) is 82.9 Å². The molecule has 0 bridgehead atoms. The average Bonchev–Trinajstić information content (AvgIpc) is 2.59. The van der Waals surface area contributed by atoms with Gasteiger partial charge in [0.25, 0.3) is 0 Å². The molecule has 0 radical (unpaired) electrons. The van der Waals surface area contributed by atoms with Crippen LogP contribution in [-0.2, 0) is 13.1 Å².